The first-order valence-electron chi connectivity index (χ1n) is 7.38. The zero-order valence-corrected chi connectivity index (χ0v) is 13.5. The molecule has 0 fully saturated rings. The molecule has 21 heavy (non-hydrogen) atoms. The van der Waals surface area contributed by atoms with Crippen molar-refractivity contribution < 1.29 is 0 Å². The van der Waals surface area contributed by atoms with Gasteiger partial charge in [-0.3, -0.25) is 9.36 Å². The van der Waals surface area contributed by atoms with Gasteiger partial charge in [-0.1, -0.05) is 49.9 Å². The van der Waals surface area contributed by atoms with Crippen LogP contribution in [0.25, 0.3) is 0 Å². The highest BCUT2D eigenvalue weighted by Gasteiger charge is 2.18. The Hall–Kier alpha value is -1.55. The fourth-order valence-electron chi connectivity index (χ4n) is 2.64. The van der Waals surface area contributed by atoms with Gasteiger partial charge in [-0.25, -0.2) is 4.98 Å². The van der Waals surface area contributed by atoms with Crippen LogP contribution in [0.2, 0.25) is 0 Å². The summed E-state index contributed by atoms with van der Waals surface area (Å²) >= 11 is 1.67. The Kier molecular flexibility index (Phi) is 3.89. The van der Waals surface area contributed by atoms with E-state index in [2.05, 4.69) is 43.1 Å². The molecule has 4 heteroatoms. The topological polar surface area (TPSA) is 34.9 Å². The molecular formula is C17H20N2OS. The fourth-order valence-corrected chi connectivity index (χ4v) is 3.63. The molecule has 0 saturated carbocycles. The number of fused-ring (bicyclic) bond motifs is 1. The van der Waals surface area contributed by atoms with Crippen LogP contribution in [0, 0.1) is 6.92 Å². The summed E-state index contributed by atoms with van der Waals surface area (Å²) < 4.78 is 1.81. The van der Waals surface area contributed by atoms with Gasteiger partial charge >= 0.3 is 0 Å². The average Bonchev–Trinajstić information content (AvgIpc) is 2.92. The quantitative estimate of drug-likeness (QED) is 0.815. The Bertz CT molecular complexity index is 717. The number of nitrogens with zero attached hydrogens (tertiary/aromatic N) is 2. The summed E-state index contributed by atoms with van der Waals surface area (Å²) in [6, 6.07) is 8.56. The van der Waals surface area contributed by atoms with Crippen molar-refractivity contribution in [3.63, 3.8) is 0 Å². The van der Waals surface area contributed by atoms with Crippen LogP contribution in [0.3, 0.4) is 0 Å². The molecule has 1 aromatic heterocycles. The van der Waals surface area contributed by atoms with Gasteiger partial charge < -0.3 is 0 Å². The van der Waals surface area contributed by atoms with Crippen molar-refractivity contribution in [2.45, 2.75) is 44.8 Å². The molecule has 0 atom stereocenters. The second-order valence-corrected chi connectivity index (χ2v) is 6.90. The van der Waals surface area contributed by atoms with Gasteiger partial charge in [0.05, 0.1) is 0 Å². The maximum atomic E-state index is 12.6. The molecule has 1 aromatic carbocycles. The summed E-state index contributed by atoms with van der Waals surface area (Å²) in [6.07, 6.45) is 0.668. The van der Waals surface area contributed by atoms with Gasteiger partial charge in [0.15, 0.2) is 5.16 Å². The van der Waals surface area contributed by atoms with E-state index in [-0.39, 0.29) is 5.56 Å². The van der Waals surface area contributed by atoms with E-state index >= 15 is 0 Å². The van der Waals surface area contributed by atoms with Crippen LogP contribution in [-0.4, -0.2) is 15.3 Å². The second kappa shape index (κ2) is 5.68. The smallest absolute Gasteiger partial charge is 0.257 e. The maximum absolute atomic E-state index is 12.6. The molecule has 110 valence electrons. The maximum Gasteiger partial charge on any atom is 0.257 e. The predicted octanol–water partition coefficient (Wildman–Crippen LogP) is 3.37. The summed E-state index contributed by atoms with van der Waals surface area (Å²) in [4.78, 5) is 17.2. The first-order chi connectivity index (χ1) is 10.1. The Morgan fingerprint density at radius 3 is 2.67 bits per heavy atom. The highest BCUT2D eigenvalue weighted by molar-refractivity contribution is 7.99. The molecule has 0 bridgehead atoms. The third-order valence-electron chi connectivity index (χ3n) is 4.01. The number of aromatic nitrogens is 2. The van der Waals surface area contributed by atoms with E-state index < -0.39 is 0 Å². The number of thioether (sulfide) groups is 1. The number of hydrogen-bond acceptors (Lipinski definition) is 3. The van der Waals surface area contributed by atoms with Crippen molar-refractivity contribution in [2.75, 3.05) is 5.75 Å². The average molecular weight is 300 g/mol. The highest BCUT2D eigenvalue weighted by Crippen LogP contribution is 2.23. The molecule has 3 rings (SSSR count). The number of aryl methyl sites for hydroxylation is 1. The summed E-state index contributed by atoms with van der Waals surface area (Å²) in [6.45, 7) is 7.10. The van der Waals surface area contributed by atoms with Crippen molar-refractivity contribution in [1.82, 2.24) is 9.55 Å². The lowest BCUT2D eigenvalue weighted by Gasteiger charge is -2.10. The Balaban J connectivity index is 1.93. The van der Waals surface area contributed by atoms with Crippen molar-refractivity contribution in [2.24, 2.45) is 0 Å². The van der Waals surface area contributed by atoms with E-state index in [4.69, 9.17) is 0 Å². The summed E-state index contributed by atoms with van der Waals surface area (Å²) in [5.41, 5.74) is 4.34. The molecule has 0 spiro atoms. The number of rotatable bonds is 3. The van der Waals surface area contributed by atoms with Crippen molar-refractivity contribution >= 4 is 11.8 Å². The van der Waals surface area contributed by atoms with Crippen LogP contribution >= 0.6 is 11.8 Å². The first-order valence-corrected chi connectivity index (χ1v) is 8.37. The van der Waals surface area contributed by atoms with Gasteiger partial charge in [-0.2, -0.15) is 0 Å². The van der Waals surface area contributed by atoms with Crippen LogP contribution < -0.4 is 5.56 Å². The van der Waals surface area contributed by atoms with Gasteiger partial charge in [0.25, 0.3) is 5.56 Å². The van der Waals surface area contributed by atoms with Crippen LogP contribution in [0.4, 0.5) is 0 Å². The van der Waals surface area contributed by atoms with Crippen LogP contribution in [0.5, 0.6) is 0 Å². The normalized spacial score (nSPS) is 13.7. The molecule has 0 unspecified atom stereocenters. The number of hydrogen-bond donors (Lipinski definition) is 0. The standard InChI is InChI=1S/C17H20N2OS/c1-11(2)14-6-4-13(5-7-14)10-15-12(3)18-17-19(16(15)20)8-9-21-17/h4-7,11H,8-10H2,1-3H3. The molecule has 2 aromatic rings. The largest absolute Gasteiger partial charge is 0.287 e. The van der Waals surface area contributed by atoms with Crippen molar-refractivity contribution in [3.8, 4) is 0 Å². The lowest BCUT2D eigenvalue weighted by atomic mass is 9.99. The van der Waals surface area contributed by atoms with E-state index in [0.29, 0.717) is 12.3 Å². The summed E-state index contributed by atoms with van der Waals surface area (Å²) in [5, 5.41) is 0.872. The van der Waals surface area contributed by atoms with Gasteiger partial charge in [0.1, 0.15) is 0 Å². The monoisotopic (exact) mass is 300 g/mol. The van der Waals surface area contributed by atoms with E-state index in [1.165, 1.54) is 11.1 Å². The van der Waals surface area contributed by atoms with E-state index in [1.54, 1.807) is 11.8 Å². The molecule has 0 N–H and O–H groups in total. The third kappa shape index (κ3) is 2.77. The van der Waals surface area contributed by atoms with E-state index in [0.717, 1.165) is 28.7 Å². The zero-order chi connectivity index (χ0) is 15.0. The molecule has 3 nitrogen and oxygen atoms in total. The third-order valence-corrected chi connectivity index (χ3v) is 4.96. The van der Waals surface area contributed by atoms with Gasteiger partial charge in [0.2, 0.25) is 0 Å². The van der Waals surface area contributed by atoms with Gasteiger partial charge in [0, 0.05) is 30.0 Å². The molecule has 1 aliphatic rings. The Labute approximate surface area is 129 Å². The summed E-state index contributed by atoms with van der Waals surface area (Å²) in [5.74, 6) is 1.49. The first kappa shape index (κ1) is 14.4. The van der Waals surface area contributed by atoms with Crippen molar-refractivity contribution in [1.29, 1.82) is 0 Å². The van der Waals surface area contributed by atoms with Gasteiger partial charge in [-0.15, -0.1) is 0 Å². The minimum Gasteiger partial charge on any atom is -0.287 e. The highest BCUT2D eigenvalue weighted by atomic mass is 32.2. The molecular weight excluding hydrogens is 280 g/mol. The molecule has 1 aliphatic heterocycles. The SMILES string of the molecule is Cc1nc2n(c(=O)c1Cc1ccc(C(C)C)cc1)CCS2. The van der Waals surface area contributed by atoms with Crippen LogP contribution in [0.1, 0.15) is 42.1 Å². The van der Waals surface area contributed by atoms with Crippen LogP contribution in [0.15, 0.2) is 34.2 Å². The summed E-state index contributed by atoms with van der Waals surface area (Å²) in [7, 11) is 0. The molecule has 0 aliphatic carbocycles. The zero-order valence-electron chi connectivity index (χ0n) is 12.7. The Morgan fingerprint density at radius 1 is 1.29 bits per heavy atom. The fraction of sp³-hybridized carbons (Fsp3) is 0.412. The van der Waals surface area contributed by atoms with E-state index in [1.807, 2.05) is 11.5 Å². The molecule has 0 saturated heterocycles. The minimum atomic E-state index is 0.135. The Morgan fingerprint density at radius 2 is 2.00 bits per heavy atom. The van der Waals surface area contributed by atoms with Crippen molar-refractivity contribution in [3.05, 3.63) is 57.0 Å². The lowest BCUT2D eigenvalue weighted by molar-refractivity contribution is 0.638. The molecule has 0 amide bonds. The second-order valence-electron chi connectivity index (χ2n) is 5.84. The minimum absolute atomic E-state index is 0.135. The van der Waals surface area contributed by atoms with Crippen LogP contribution in [-0.2, 0) is 13.0 Å². The predicted molar refractivity (Wildman–Crippen MR) is 87.3 cm³/mol. The molecule has 0 radical (unpaired) electrons. The van der Waals surface area contributed by atoms with Gasteiger partial charge in [-0.05, 0) is 24.0 Å². The van der Waals surface area contributed by atoms with E-state index in [9.17, 15) is 4.79 Å². The lowest BCUT2D eigenvalue weighted by Crippen LogP contribution is -2.25. The molecule has 2 heterocycles. The number of benzene rings is 1.